The first-order valence-corrected chi connectivity index (χ1v) is 8.35. The number of thioether (sulfide) groups is 1. The molecule has 2 rings (SSSR count). The Bertz CT molecular complexity index is 685. The molecule has 6 nitrogen and oxygen atoms in total. The van der Waals surface area contributed by atoms with Crippen molar-refractivity contribution >= 4 is 35.0 Å². The van der Waals surface area contributed by atoms with E-state index in [1.54, 1.807) is 25.1 Å². The summed E-state index contributed by atoms with van der Waals surface area (Å²) in [6, 6.07) is 7.17. The maximum Gasteiger partial charge on any atom is 0.326 e. The molecule has 0 saturated carbocycles. The van der Waals surface area contributed by atoms with Gasteiger partial charge in [0.2, 0.25) is 0 Å². The predicted molar refractivity (Wildman–Crippen MR) is 91.5 cm³/mol. The van der Waals surface area contributed by atoms with E-state index in [2.05, 4.69) is 0 Å². The summed E-state index contributed by atoms with van der Waals surface area (Å²) in [6.07, 6.45) is 2.01. The van der Waals surface area contributed by atoms with E-state index >= 15 is 0 Å². The highest BCUT2D eigenvalue weighted by atomic mass is 32.2. The van der Waals surface area contributed by atoms with E-state index in [0.29, 0.717) is 17.7 Å². The number of hydrogen-bond acceptors (Lipinski definition) is 6. The number of carbonyl (C=O) groups excluding carboxylic acids is 3. The number of methoxy groups -OCH3 is 1. The minimum atomic E-state index is -0.592. The third kappa shape index (κ3) is 4.17. The first kappa shape index (κ1) is 18.1. The van der Waals surface area contributed by atoms with E-state index in [-0.39, 0.29) is 17.6 Å². The average molecular weight is 349 g/mol. The molecule has 1 aliphatic heterocycles. The molecule has 7 heteroatoms. The summed E-state index contributed by atoms with van der Waals surface area (Å²) < 4.78 is 10.3. The molecule has 0 unspecified atom stereocenters. The fourth-order valence-electron chi connectivity index (χ4n) is 2.04. The molecule has 1 saturated heterocycles. The summed E-state index contributed by atoms with van der Waals surface area (Å²) >= 11 is 0.798. The van der Waals surface area contributed by atoms with Gasteiger partial charge in [0.15, 0.2) is 0 Å². The van der Waals surface area contributed by atoms with Crippen LogP contribution in [0, 0.1) is 0 Å². The van der Waals surface area contributed by atoms with Gasteiger partial charge in [-0.3, -0.25) is 19.3 Å². The van der Waals surface area contributed by atoms with E-state index in [0.717, 1.165) is 16.7 Å². The topological polar surface area (TPSA) is 72.9 Å². The normalized spacial score (nSPS) is 17.3. The molecule has 0 aliphatic carbocycles. The van der Waals surface area contributed by atoms with Gasteiger partial charge in [0.25, 0.3) is 11.1 Å². The van der Waals surface area contributed by atoms with Crippen LogP contribution in [-0.2, 0) is 14.3 Å². The molecule has 0 spiro atoms. The van der Waals surface area contributed by atoms with Crippen LogP contribution in [0.5, 0.6) is 5.75 Å². The summed E-state index contributed by atoms with van der Waals surface area (Å²) in [5.74, 6) is -0.498. The monoisotopic (exact) mass is 349 g/mol. The fraction of sp³-hybridized carbons (Fsp3) is 0.353. The minimum absolute atomic E-state index is 0.249. The highest BCUT2D eigenvalue weighted by Crippen LogP contribution is 2.33. The van der Waals surface area contributed by atoms with Gasteiger partial charge in [-0.1, -0.05) is 25.1 Å². The zero-order valence-corrected chi connectivity index (χ0v) is 14.6. The lowest BCUT2D eigenvalue weighted by Crippen LogP contribution is -2.35. The Balaban J connectivity index is 2.14. The van der Waals surface area contributed by atoms with Crippen LogP contribution in [-0.4, -0.2) is 41.8 Å². The van der Waals surface area contributed by atoms with Crippen molar-refractivity contribution in [2.75, 3.05) is 13.7 Å². The van der Waals surface area contributed by atoms with Crippen LogP contribution in [0.2, 0.25) is 0 Å². The molecule has 1 atom stereocenters. The second-order valence-corrected chi connectivity index (χ2v) is 6.21. The first-order valence-electron chi connectivity index (χ1n) is 7.54. The number of amides is 2. The Morgan fingerprint density at radius 1 is 1.33 bits per heavy atom. The standard InChI is InChI=1S/C17H19NO5S/c1-4-11(2)23-15(19)10-18-16(20)14(24-17(18)21)9-12-7-5-6-8-13(12)22-3/h5-9,11H,4,10H2,1-3H3/b14-9-/t11-/m1/s1. The largest absolute Gasteiger partial charge is 0.496 e. The number of imide groups is 1. The van der Waals surface area contributed by atoms with Gasteiger partial charge in [-0.05, 0) is 37.2 Å². The number of esters is 1. The Morgan fingerprint density at radius 3 is 2.71 bits per heavy atom. The molecular formula is C17H19NO5S. The SMILES string of the molecule is CC[C@@H](C)OC(=O)CN1C(=O)S/C(=C\c2ccccc2OC)C1=O. The van der Waals surface area contributed by atoms with Crippen molar-refractivity contribution in [3.05, 3.63) is 34.7 Å². The Labute approximate surface area is 144 Å². The van der Waals surface area contributed by atoms with E-state index < -0.39 is 17.1 Å². The number of carbonyl (C=O) groups is 3. The first-order chi connectivity index (χ1) is 11.5. The van der Waals surface area contributed by atoms with Crippen LogP contribution >= 0.6 is 11.8 Å². The van der Waals surface area contributed by atoms with E-state index in [9.17, 15) is 14.4 Å². The lowest BCUT2D eigenvalue weighted by Gasteiger charge is -2.14. The molecule has 1 heterocycles. The van der Waals surface area contributed by atoms with Crippen molar-refractivity contribution in [1.29, 1.82) is 0 Å². The van der Waals surface area contributed by atoms with Crippen LogP contribution in [0.3, 0.4) is 0 Å². The number of nitrogens with zero attached hydrogens (tertiary/aromatic N) is 1. The minimum Gasteiger partial charge on any atom is -0.496 e. The molecular weight excluding hydrogens is 330 g/mol. The fourth-order valence-corrected chi connectivity index (χ4v) is 2.87. The molecule has 2 amide bonds. The van der Waals surface area contributed by atoms with E-state index in [1.165, 1.54) is 7.11 Å². The molecule has 0 bridgehead atoms. The Kier molecular flexibility index (Phi) is 6.03. The van der Waals surface area contributed by atoms with Crippen molar-refractivity contribution in [2.24, 2.45) is 0 Å². The highest BCUT2D eigenvalue weighted by molar-refractivity contribution is 8.18. The van der Waals surface area contributed by atoms with Crippen molar-refractivity contribution in [3.8, 4) is 5.75 Å². The number of benzene rings is 1. The van der Waals surface area contributed by atoms with Gasteiger partial charge in [0.1, 0.15) is 12.3 Å². The van der Waals surface area contributed by atoms with Gasteiger partial charge >= 0.3 is 5.97 Å². The van der Waals surface area contributed by atoms with Crippen molar-refractivity contribution in [3.63, 3.8) is 0 Å². The number of rotatable bonds is 6. The van der Waals surface area contributed by atoms with Gasteiger partial charge in [0, 0.05) is 5.56 Å². The van der Waals surface area contributed by atoms with Gasteiger partial charge < -0.3 is 9.47 Å². The van der Waals surface area contributed by atoms with Gasteiger partial charge in [0.05, 0.1) is 18.1 Å². The third-order valence-electron chi connectivity index (χ3n) is 3.49. The number of hydrogen-bond donors (Lipinski definition) is 0. The summed E-state index contributed by atoms with van der Waals surface area (Å²) in [5.41, 5.74) is 0.688. The molecule has 1 aliphatic rings. The molecule has 1 aromatic carbocycles. The summed E-state index contributed by atoms with van der Waals surface area (Å²) in [5, 5.41) is -0.484. The van der Waals surface area contributed by atoms with Crippen LogP contribution in [0.25, 0.3) is 6.08 Å². The average Bonchev–Trinajstić information content (AvgIpc) is 2.82. The van der Waals surface area contributed by atoms with Crippen LogP contribution in [0.4, 0.5) is 4.79 Å². The van der Waals surface area contributed by atoms with Gasteiger partial charge in [-0.25, -0.2) is 0 Å². The van der Waals surface area contributed by atoms with Crippen LogP contribution < -0.4 is 4.74 Å². The molecule has 24 heavy (non-hydrogen) atoms. The maximum absolute atomic E-state index is 12.4. The summed E-state index contributed by atoms with van der Waals surface area (Å²) in [4.78, 5) is 37.4. The second kappa shape index (κ2) is 8.01. The molecule has 1 fully saturated rings. The van der Waals surface area contributed by atoms with Crippen LogP contribution in [0.15, 0.2) is 29.2 Å². The molecule has 0 N–H and O–H groups in total. The van der Waals surface area contributed by atoms with Gasteiger partial charge in [-0.2, -0.15) is 0 Å². The summed E-state index contributed by atoms with van der Waals surface area (Å²) in [7, 11) is 1.53. The number of para-hydroxylation sites is 1. The van der Waals surface area contributed by atoms with Crippen molar-refractivity contribution < 1.29 is 23.9 Å². The third-order valence-corrected chi connectivity index (χ3v) is 4.40. The quantitative estimate of drug-likeness (QED) is 0.580. The number of ether oxygens (including phenoxy) is 2. The summed E-state index contributed by atoms with van der Waals surface area (Å²) in [6.45, 7) is 3.26. The predicted octanol–water partition coefficient (Wildman–Crippen LogP) is 3.07. The van der Waals surface area contributed by atoms with Crippen molar-refractivity contribution in [1.82, 2.24) is 4.90 Å². The molecule has 1 aromatic rings. The molecule has 0 aromatic heterocycles. The second-order valence-electron chi connectivity index (χ2n) is 5.22. The lowest BCUT2D eigenvalue weighted by molar-refractivity contribution is -0.150. The Hall–Kier alpha value is -2.28. The van der Waals surface area contributed by atoms with E-state index in [4.69, 9.17) is 9.47 Å². The van der Waals surface area contributed by atoms with Gasteiger partial charge in [-0.15, -0.1) is 0 Å². The zero-order valence-electron chi connectivity index (χ0n) is 13.8. The van der Waals surface area contributed by atoms with Crippen LogP contribution in [0.1, 0.15) is 25.8 Å². The van der Waals surface area contributed by atoms with Crippen molar-refractivity contribution in [2.45, 2.75) is 26.4 Å². The zero-order chi connectivity index (χ0) is 17.7. The molecule has 128 valence electrons. The smallest absolute Gasteiger partial charge is 0.326 e. The Morgan fingerprint density at radius 2 is 2.04 bits per heavy atom. The molecule has 0 radical (unpaired) electrons. The highest BCUT2D eigenvalue weighted by Gasteiger charge is 2.37. The maximum atomic E-state index is 12.4. The van der Waals surface area contributed by atoms with E-state index in [1.807, 2.05) is 19.1 Å². The lowest BCUT2D eigenvalue weighted by atomic mass is 10.2.